The summed E-state index contributed by atoms with van der Waals surface area (Å²) in [5.41, 5.74) is 5.61. The summed E-state index contributed by atoms with van der Waals surface area (Å²) in [6.45, 7) is 0.742. The van der Waals surface area contributed by atoms with Crippen LogP contribution in [0.2, 0.25) is 0 Å². The summed E-state index contributed by atoms with van der Waals surface area (Å²) in [5, 5.41) is 17.7. The van der Waals surface area contributed by atoms with Crippen LogP contribution >= 0.6 is 0 Å². The fourth-order valence-corrected chi connectivity index (χ4v) is 0.888. The Balaban J connectivity index is 2.30. The maximum Gasteiger partial charge on any atom is 0.0741 e. The van der Waals surface area contributed by atoms with E-state index in [0.29, 0.717) is 6.42 Å². The van der Waals surface area contributed by atoms with Gasteiger partial charge in [-0.2, -0.15) is 0 Å². The third kappa shape index (κ3) is 1.62. The molecule has 0 aromatic carbocycles. The smallest absolute Gasteiger partial charge is 0.0741 e. The highest BCUT2D eigenvalue weighted by Crippen LogP contribution is 1.99. The van der Waals surface area contributed by atoms with E-state index in [0.717, 1.165) is 6.54 Å². The summed E-state index contributed by atoms with van der Waals surface area (Å²) >= 11 is 0. The van der Waals surface area contributed by atoms with E-state index in [9.17, 15) is 0 Å². The van der Waals surface area contributed by atoms with Gasteiger partial charge in [-0.3, -0.25) is 5.43 Å². The summed E-state index contributed by atoms with van der Waals surface area (Å²) in [6.07, 6.45) is 0.300. The molecule has 0 saturated carbocycles. The molecule has 0 spiro atoms. The highest BCUT2D eigenvalue weighted by atomic mass is 16.3. The van der Waals surface area contributed by atoms with Gasteiger partial charge in [-0.15, -0.1) is 0 Å². The second kappa shape index (κ2) is 3.12. The van der Waals surface area contributed by atoms with Crippen LogP contribution in [0, 0.1) is 0 Å². The molecule has 4 nitrogen and oxygen atoms in total. The van der Waals surface area contributed by atoms with E-state index in [1.54, 1.807) is 0 Å². The first-order chi connectivity index (χ1) is 4.34. The van der Waals surface area contributed by atoms with Crippen molar-refractivity contribution in [2.24, 2.45) is 0 Å². The number of hydrogen-bond acceptors (Lipinski definition) is 4. The lowest BCUT2D eigenvalue weighted by Crippen LogP contribution is -2.55. The van der Waals surface area contributed by atoms with Crippen LogP contribution in [0.4, 0.5) is 0 Å². The molecule has 0 radical (unpaired) electrons. The molecule has 0 unspecified atom stereocenters. The van der Waals surface area contributed by atoms with Crippen LogP contribution in [0.5, 0.6) is 0 Å². The first-order valence-electron chi connectivity index (χ1n) is 3.12. The SMILES string of the molecule is OC[C@H]1NNCC[C@@H]1O. The molecule has 9 heavy (non-hydrogen) atoms. The van der Waals surface area contributed by atoms with Gasteiger partial charge in [-0.1, -0.05) is 0 Å². The first kappa shape index (κ1) is 6.95. The standard InChI is InChI=1S/C5H12N2O2/c8-3-4-5(9)1-2-6-7-4/h4-9H,1-3H2/t4-,5+/m1/s1. The first-order valence-corrected chi connectivity index (χ1v) is 3.12. The van der Waals surface area contributed by atoms with E-state index in [1.165, 1.54) is 0 Å². The van der Waals surface area contributed by atoms with E-state index in [1.807, 2.05) is 0 Å². The molecule has 0 aliphatic carbocycles. The van der Waals surface area contributed by atoms with Gasteiger partial charge in [0, 0.05) is 6.54 Å². The van der Waals surface area contributed by atoms with Crippen LogP contribution < -0.4 is 10.9 Å². The average molecular weight is 132 g/mol. The van der Waals surface area contributed by atoms with Crippen LogP contribution in [0.25, 0.3) is 0 Å². The zero-order valence-electron chi connectivity index (χ0n) is 5.17. The molecule has 0 bridgehead atoms. The third-order valence-electron chi connectivity index (χ3n) is 1.51. The molecule has 1 rings (SSSR count). The van der Waals surface area contributed by atoms with Crippen molar-refractivity contribution in [1.29, 1.82) is 0 Å². The topological polar surface area (TPSA) is 64.5 Å². The van der Waals surface area contributed by atoms with Gasteiger partial charge in [-0.05, 0) is 6.42 Å². The summed E-state index contributed by atoms with van der Waals surface area (Å²) in [6, 6.07) is -0.196. The minimum atomic E-state index is -0.406. The Kier molecular flexibility index (Phi) is 2.41. The van der Waals surface area contributed by atoms with Gasteiger partial charge in [0.1, 0.15) is 0 Å². The van der Waals surface area contributed by atoms with Gasteiger partial charge in [0.05, 0.1) is 18.8 Å². The van der Waals surface area contributed by atoms with E-state index >= 15 is 0 Å². The van der Waals surface area contributed by atoms with Crippen LogP contribution in [-0.2, 0) is 0 Å². The second-order valence-corrected chi connectivity index (χ2v) is 2.22. The van der Waals surface area contributed by atoms with Crippen LogP contribution in [0.3, 0.4) is 0 Å². The van der Waals surface area contributed by atoms with Gasteiger partial charge in [-0.25, -0.2) is 5.43 Å². The molecule has 1 aliphatic heterocycles. The quantitative estimate of drug-likeness (QED) is 0.340. The Hall–Kier alpha value is -0.160. The summed E-state index contributed by atoms with van der Waals surface area (Å²) in [4.78, 5) is 0. The zero-order valence-corrected chi connectivity index (χ0v) is 5.17. The molecular weight excluding hydrogens is 120 g/mol. The average Bonchev–Trinajstić information content (AvgIpc) is 1.89. The Morgan fingerprint density at radius 3 is 2.78 bits per heavy atom. The van der Waals surface area contributed by atoms with Crippen LogP contribution in [0.1, 0.15) is 6.42 Å². The third-order valence-corrected chi connectivity index (χ3v) is 1.51. The number of nitrogens with one attached hydrogen (secondary N) is 2. The van der Waals surface area contributed by atoms with Crippen LogP contribution in [-0.4, -0.2) is 35.5 Å². The van der Waals surface area contributed by atoms with Crippen molar-refractivity contribution in [3.05, 3.63) is 0 Å². The predicted octanol–water partition coefficient (Wildman–Crippen LogP) is -1.79. The van der Waals surface area contributed by atoms with Gasteiger partial charge >= 0.3 is 0 Å². The molecule has 54 valence electrons. The maximum absolute atomic E-state index is 9.11. The highest BCUT2D eigenvalue weighted by molar-refractivity contribution is 4.77. The number of hydrogen-bond donors (Lipinski definition) is 4. The molecule has 0 aromatic rings. The van der Waals surface area contributed by atoms with Crippen molar-refractivity contribution in [1.82, 2.24) is 10.9 Å². The molecule has 1 heterocycles. The van der Waals surface area contributed by atoms with Crippen molar-refractivity contribution in [2.45, 2.75) is 18.6 Å². The second-order valence-electron chi connectivity index (χ2n) is 2.22. The molecule has 1 aliphatic rings. The molecule has 2 atom stereocenters. The minimum absolute atomic E-state index is 0.0197. The van der Waals surface area contributed by atoms with E-state index < -0.39 is 6.10 Å². The number of aliphatic hydroxyl groups excluding tert-OH is 2. The normalized spacial score (nSPS) is 36.7. The highest BCUT2D eigenvalue weighted by Gasteiger charge is 2.20. The maximum atomic E-state index is 9.11. The van der Waals surface area contributed by atoms with Crippen molar-refractivity contribution in [2.75, 3.05) is 13.2 Å². The molecule has 1 fully saturated rings. The number of hydrazine groups is 1. The predicted molar refractivity (Wildman–Crippen MR) is 32.6 cm³/mol. The van der Waals surface area contributed by atoms with Crippen molar-refractivity contribution < 1.29 is 10.2 Å². The lowest BCUT2D eigenvalue weighted by molar-refractivity contribution is 0.0542. The van der Waals surface area contributed by atoms with Crippen molar-refractivity contribution in [3.63, 3.8) is 0 Å². The van der Waals surface area contributed by atoms with E-state index in [2.05, 4.69) is 10.9 Å². The Labute approximate surface area is 53.9 Å². The Bertz CT molecular complexity index is 89.0. The number of rotatable bonds is 1. The van der Waals surface area contributed by atoms with Crippen LogP contribution in [0.15, 0.2) is 0 Å². The largest absolute Gasteiger partial charge is 0.395 e. The van der Waals surface area contributed by atoms with Gasteiger partial charge in [0.2, 0.25) is 0 Å². The van der Waals surface area contributed by atoms with Crippen molar-refractivity contribution >= 4 is 0 Å². The summed E-state index contributed by atoms with van der Waals surface area (Å²) < 4.78 is 0. The molecule has 1 saturated heterocycles. The lowest BCUT2D eigenvalue weighted by Gasteiger charge is -2.27. The van der Waals surface area contributed by atoms with E-state index in [4.69, 9.17) is 10.2 Å². The van der Waals surface area contributed by atoms with Gasteiger partial charge in [0.25, 0.3) is 0 Å². The monoisotopic (exact) mass is 132 g/mol. The fourth-order valence-electron chi connectivity index (χ4n) is 0.888. The summed E-state index contributed by atoms with van der Waals surface area (Å²) in [7, 11) is 0. The Morgan fingerprint density at radius 1 is 1.56 bits per heavy atom. The molecule has 0 amide bonds. The molecule has 4 N–H and O–H groups in total. The van der Waals surface area contributed by atoms with E-state index in [-0.39, 0.29) is 12.6 Å². The van der Waals surface area contributed by atoms with Crippen molar-refractivity contribution in [3.8, 4) is 0 Å². The zero-order chi connectivity index (χ0) is 6.69. The summed E-state index contributed by atoms with van der Waals surface area (Å²) in [5.74, 6) is 0. The molecule has 4 heteroatoms. The molecular formula is C5H12N2O2. The van der Waals surface area contributed by atoms with Gasteiger partial charge < -0.3 is 10.2 Å². The van der Waals surface area contributed by atoms with Gasteiger partial charge in [0.15, 0.2) is 0 Å². The Morgan fingerprint density at radius 2 is 2.33 bits per heavy atom. The molecule has 0 aromatic heterocycles. The minimum Gasteiger partial charge on any atom is -0.395 e. The lowest BCUT2D eigenvalue weighted by atomic mass is 10.1. The number of aliphatic hydroxyl groups is 2. The fraction of sp³-hybridized carbons (Fsp3) is 1.00.